The van der Waals surface area contributed by atoms with Crippen molar-refractivity contribution in [2.75, 3.05) is 19.3 Å². The summed E-state index contributed by atoms with van der Waals surface area (Å²) in [5, 5.41) is 0. The van der Waals surface area contributed by atoms with Gasteiger partial charge in [0.05, 0.1) is 0 Å². The Bertz CT molecular complexity index is 544. The number of anilines is 1. The molecule has 0 atom stereocenters. The maximum absolute atomic E-state index is 13.7. The summed E-state index contributed by atoms with van der Waals surface area (Å²) in [5.41, 5.74) is 4.36. The van der Waals surface area contributed by atoms with Crippen molar-refractivity contribution >= 4 is 15.7 Å². The largest absolute Gasteiger partial charge is 0.394 e. The van der Waals surface area contributed by atoms with Crippen LogP contribution in [0.2, 0.25) is 0 Å². The normalized spacial score (nSPS) is 12.4. The minimum atomic E-state index is -3.99. The number of rotatable bonds is 4. The Labute approximate surface area is 105 Å². The zero-order chi connectivity index (χ0) is 14.1. The molecule has 0 radical (unpaired) electrons. The van der Waals surface area contributed by atoms with Crippen LogP contribution in [-0.4, -0.2) is 26.3 Å². The lowest BCUT2D eigenvalue weighted by molar-refractivity contribution is 0.414. The van der Waals surface area contributed by atoms with Crippen LogP contribution in [0.3, 0.4) is 0 Å². The molecule has 0 bridgehead atoms. The third kappa shape index (κ3) is 2.78. The number of benzene rings is 1. The maximum Gasteiger partial charge on any atom is 0.245 e. The molecule has 1 aromatic carbocycles. The summed E-state index contributed by atoms with van der Waals surface area (Å²) in [4.78, 5) is -0.607. The fourth-order valence-electron chi connectivity index (χ4n) is 1.53. The summed E-state index contributed by atoms with van der Waals surface area (Å²) in [5.74, 6) is -2.13. The molecule has 0 aliphatic carbocycles. The number of hydrogen-bond donors (Lipinski definition) is 1. The summed E-state index contributed by atoms with van der Waals surface area (Å²) in [6, 6.07) is 1.72. The minimum absolute atomic E-state index is 0.0885. The van der Waals surface area contributed by atoms with E-state index in [0.29, 0.717) is 0 Å². The van der Waals surface area contributed by atoms with Gasteiger partial charge in [0.15, 0.2) is 5.82 Å². The van der Waals surface area contributed by atoms with E-state index in [2.05, 4.69) is 0 Å². The Hall–Kier alpha value is -1.21. The van der Waals surface area contributed by atoms with E-state index in [-0.39, 0.29) is 12.5 Å². The summed E-state index contributed by atoms with van der Waals surface area (Å²) >= 11 is 0. The second kappa shape index (κ2) is 5.19. The van der Waals surface area contributed by atoms with E-state index in [4.69, 9.17) is 5.73 Å². The van der Waals surface area contributed by atoms with Crippen molar-refractivity contribution < 1.29 is 17.2 Å². The molecule has 1 aromatic rings. The summed E-state index contributed by atoms with van der Waals surface area (Å²) in [6.07, 6.45) is 0. The predicted octanol–water partition coefficient (Wildman–Crippen LogP) is 1.82. The molecule has 0 amide bonds. The van der Waals surface area contributed by atoms with Crippen LogP contribution in [0.4, 0.5) is 14.5 Å². The Kier molecular flexibility index (Phi) is 4.28. The molecule has 2 N–H and O–H groups in total. The average Bonchev–Trinajstić information content (AvgIpc) is 2.24. The van der Waals surface area contributed by atoms with Gasteiger partial charge in [0, 0.05) is 13.6 Å². The molecule has 102 valence electrons. The van der Waals surface area contributed by atoms with Gasteiger partial charge in [-0.25, -0.2) is 21.5 Å². The summed E-state index contributed by atoms with van der Waals surface area (Å²) in [7, 11) is -2.65. The highest BCUT2D eigenvalue weighted by Crippen LogP contribution is 2.25. The topological polar surface area (TPSA) is 63.4 Å². The van der Waals surface area contributed by atoms with Gasteiger partial charge >= 0.3 is 0 Å². The van der Waals surface area contributed by atoms with Crippen molar-refractivity contribution in [2.45, 2.75) is 18.7 Å². The van der Waals surface area contributed by atoms with Gasteiger partial charge in [0.1, 0.15) is 16.4 Å². The van der Waals surface area contributed by atoms with Crippen LogP contribution < -0.4 is 5.73 Å². The quantitative estimate of drug-likeness (QED) is 0.855. The molecule has 0 aromatic heterocycles. The zero-order valence-electron chi connectivity index (χ0n) is 10.4. The van der Waals surface area contributed by atoms with Crippen LogP contribution in [0.25, 0.3) is 0 Å². The molecule has 1 rings (SSSR count). The van der Waals surface area contributed by atoms with Gasteiger partial charge < -0.3 is 5.73 Å². The number of nitrogen functional groups attached to an aromatic ring is 1. The molecule has 0 saturated heterocycles. The van der Waals surface area contributed by atoms with Crippen LogP contribution in [0.1, 0.15) is 13.8 Å². The summed E-state index contributed by atoms with van der Waals surface area (Å²) in [6.45, 7) is 3.90. The second-order valence-corrected chi connectivity index (χ2v) is 6.47. The third-order valence-corrected chi connectivity index (χ3v) is 4.24. The SMILES string of the molecule is CC(C)CN(C)S(=O)(=O)c1ccc(F)c(N)c1F. The molecule has 0 saturated carbocycles. The van der Waals surface area contributed by atoms with Crippen molar-refractivity contribution in [1.29, 1.82) is 0 Å². The van der Waals surface area contributed by atoms with Gasteiger partial charge in [0.25, 0.3) is 0 Å². The molecule has 0 spiro atoms. The lowest BCUT2D eigenvalue weighted by Crippen LogP contribution is -2.31. The minimum Gasteiger partial charge on any atom is -0.394 e. The molecule has 18 heavy (non-hydrogen) atoms. The average molecular weight is 278 g/mol. The van der Waals surface area contributed by atoms with Gasteiger partial charge in [-0.2, -0.15) is 0 Å². The van der Waals surface area contributed by atoms with Crippen LogP contribution in [-0.2, 0) is 10.0 Å². The number of nitrogens with two attached hydrogens (primary N) is 1. The van der Waals surface area contributed by atoms with Gasteiger partial charge in [-0.1, -0.05) is 13.8 Å². The lowest BCUT2D eigenvalue weighted by Gasteiger charge is -2.19. The molecule has 0 fully saturated rings. The standard InChI is InChI=1S/C11H16F2N2O2S/c1-7(2)6-15(3)18(16,17)9-5-4-8(12)11(14)10(9)13/h4-5,7H,6,14H2,1-3H3. The monoisotopic (exact) mass is 278 g/mol. The first-order valence-electron chi connectivity index (χ1n) is 5.37. The Morgan fingerprint density at radius 2 is 1.89 bits per heavy atom. The molecule has 4 nitrogen and oxygen atoms in total. The fraction of sp³-hybridized carbons (Fsp3) is 0.455. The van der Waals surface area contributed by atoms with Gasteiger partial charge in [-0.3, -0.25) is 0 Å². The zero-order valence-corrected chi connectivity index (χ0v) is 11.3. The number of sulfonamides is 1. The Morgan fingerprint density at radius 3 is 2.39 bits per heavy atom. The highest BCUT2D eigenvalue weighted by atomic mass is 32.2. The van der Waals surface area contributed by atoms with E-state index in [1.54, 1.807) is 0 Å². The van der Waals surface area contributed by atoms with Crippen molar-refractivity contribution in [1.82, 2.24) is 4.31 Å². The maximum atomic E-state index is 13.7. The van der Waals surface area contributed by atoms with Gasteiger partial charge in [0.2, 0.25) is 10.0 Å². The number of hydrogen-bond acceptors (Lipinski definition) is 3. The molecule has 0 aliphatic heterocycles. The van der Waals surface area contributed by atoms with Gasteiger partial charge in [-0.05, 0) is 18.1 Å². The van der Waals surface area contributed by atoms with Crippen molar-refractivity contribution in [3.8, 4) is 0 Å². The highest BCUT2D eigenvalue weighted by Gasteiger charge is 2.27. The Morgan fingerprint density at radius 1 is 1.33 bits per heavy atom. The second-order valence-electron chi connectivity index (χ2n) is 4.45. The first-order chi connectivity index (χ1) is 8.17. The first-order valence-corrected chi connectivity index (χ1v) is 6.81. The molecular weight excluding hydrogens is 262 g/mol. The van der Waals surface area contributed by atoms with Crippen molar-refractivity contribution in [2.24, 2.45) is 5.92 Å². The fourth-order valence-corrected chi connectivity index (χ4v) is 2.94. The smallest absolute Gasteiger partial charge is 0.245 e. The number of halogens is 2. The summed E-state index contributed by atoms with van der Waals surface area (Å²) < 4.78 is 51.8. The molecule has 0 unspecified atom stereocenters. The lowest BCUT2D eigenvalue weighted by atomic mass is 10.2. The van der Waals surface area contributed by atoms with E-state index in [1.165, 1.54) is 7.05 Å². The van der Waals surface area contributed by atoms with E-state index >= 15 is 0 Å². The molecule has 0 aliphatic rings. The molecule has 7 heteroatoms. The number of nitrogens with zero attached hydrogens (tertiary/aromatic N) is 1. The van der Waals surface area contributed by atoms with Crippen LogP contribution in [0, 0.1) is 17.6 Å². The van der Waals surface area contributed by atoms with E-state index in [0.717, 1.165) is 16.4 Å². The van der Waals surface area contributed by atoms with E-state index < -0.39 is 32.2 Å². The van der Waals surface area contributed by atoms with Crippen molar-refractivity contribution in [3.05, 3.63) is 23.8 Å². The highest BCUT2D eigenvalue weighted by molar-refractivity contribution is 7.89. The van der Waals surface area contributed by atoms with Crippen LogP contribution in [0.15, 0.2) is 17.0 Å². The molecule has 0 heterocycles. The third-order valence-electron chi connectivity index (χ3n) is 2.40. The van der Waals surface area contributed by atoms with Crippen LogP contribution in [0.5, 0.6) is 0 Å². The predicted molar refractivity (Wildman–Crippen MR) is 65.4 cm³/mol. The van der Waals surface area contributed by atoms with Crippen LogP contribution >= 0.6 is 0 Å². The van der Waals surface area contributed by atoms with Crippen molar-refractivity contribution in [3.63, 3.8) is 0 Å². The van der Waals surface area contributed by atoms with E-state index in [1.807, 2.05) is 13.8 Å². The molecular formula is C11H16F2N2O2S. The van der Waals surface area contributed by atoms with Gasteiger partial charge in [-0.15, -0.1) is 0 Å². The van der Waals surface area contributed by atoms with E-state index in [9.17, 15) is 17.2 Å². The Balaban J connectivity index is 3.25. The first kappa shape index (κ1) is 14.8.